The lowest BCUT2D eigenvalue weighted by Gasteiger charge is -2.24. The highest BCUT2D eigenvalue weighted by atomic mass is 19.3. The van der Waals surface area contributed by atoms with Crippen molar-refractivity contribution in [3.8, 4) is 0 Å². The van der Waals surface area contributed by atoms with Gasteiger partial charge >= 0.3 is 0 Å². The largest absolute Gasteiger partial charge is 0.390 e. The van der Waals surface area contributed by atoms with E-state index in [1.165, 1.54) is 0 Å². The molecule has 23 heavy (non-hydrogen) atoms. The lowest BCUT2D eigenvalue weighted by Crippen LogP contribution is -2.36. The van der Waals surface area contributed by atoms with Gasteiger partial charge in [0.15, 0.2) is 0 Å². The fourth-order valence-electron chi connectivity index (χ4n) is 3.35. The number of aliphatic hydroxyl groups is 1. The number of halogens is 2. The number of hydrogen-bond acceptors (Lipinski definition) is 2. The van der Waals surface area contributed by atoms with Crippen LogP contribution in [0.5, 0.6) is 0 Å². The fourth-order valence-corrected chi connectivity index (χ4v) is 3.35. The summed E-state index contributed by atoms with van der Waals surface area (Å²) in [4.78, 5) is 0. The Morgan fingerprint density at radius 1 is 0.870 bits per heavy atom. The number of hydrogen-bond donors (Lipinski definition) is 2. The third kappa shape index (κ3) is 1.99. The summed E-state index contributed by atoms with van der Waals surface area (Å²) >= 11 is 0. The molecular formula is C19H15F2NO. The molecule has 0 fully saturated rings. The zero-order valence-electron chi connectivity index (χ0n) is 12.3. The molecule has 1 atom stereocenters. The molecule has 0 aliphatic carbocycles. The molecule has 4 aromatic carbocycles. The number of rotatable bonds is 3. The molecule has 4 rings (SSSR count). The standard InChI is InChI=1S/C19H15F2NO/c20-19(21,10-23)18(22)15-9-7-13-5-4-11-2-1-3-12-6-8-14(15)17(13)16(11)12/h1-9,18,23H,10,22H2/t18-/m0/s1. The molecule has 0 aromatic heterocycles. The van der Waals surface area contributed by atoms with Crippen molar-refractivity contribution in [3.63, 3.8) is 0 Å². The highest BCUT2D eigenvalue weighted by Crippen LogP contribution is 2.39. The lowest BCUT2D eigenvalue weighted by molar-refractivity contribution is -0.0708. The van der Waals surface area contributed by atoms with Crippen LogP contribution in [0.4, 0.5) is 8.78 Å². The summed E-state index contributed by atoms with van der Waals surface area (Å²) in [5, 5.41) is 14.8. The van der Waals surface area contributed by atoms with Crippen molar-refractivity contribution in [3.05, 3.63) is 60.2 Å². The van der Waals surface area contributed by atoms with Crippen molar-refractivity contribution < 1.29 is 13.9 Å². The van der Waals surface area contributed by atoms with Crippen LogP contribution in [0.1, 0.15) is 11.6 Å². The van der Waals surface area contributed by atoms with E-state index in [-0.39, 0.29) is 0 Å². The van der Waals surface area contributed by atoms with Crippen molar-refractivity contribution in [2.24, 2.45) is 5.73 Å². The number of aliphatic hydroxyl groups excluding tert-OH is 1. The highest BCUT2D eigenvalue weighted by Gasteiger charge is 2.38. The molecule has 4 aromatic rings. The van der Waals surface area contributed by atoms with E-state index in [0.29, 0.717) is 10.9 Å². The van der Waals surface area contributed by atoms with Crippen LogP contribution in [0.25, 0.3) is 32.3 Å². The zero-order chi connectivity index (χ0) is 16.2. The Kier molecular flexibility index (Phi) is 3.01. The predicted octanol–water partition coefficient (Wildman–Crippen LogP) is 4.21. The van der Waals surface area contributed by atoms with Gasteiger partial charge in [-0.25, -0.2) is 8.78 Å². The molecule has 0 saturated carbocycles. The number of alkyl halides is 2. The van der Waals surface area contributed by atoms with Gasteiger partial charge in [0, 0.05) is 0 Å². The van der Waals surface area contributed by atoms with Crippen molar-refractivity contribution in [1.82, 2.24) is 0 Å². The summed E-state index contributed by atoms with van der Waals surface area (Å²) in [6.45, 7) is -1.27. The quantitative estimate of drug-likeness (QED) is 0.557. The summed E-state index contributed by atoms with van der Waals surface area (Å²) in [6.07, 6.45) is 0. The van der Waals surface area contributed by atoms with E-state index in [0.717, 1.165) is 26.9 Å². The molecule has 116 valence electrons. The Morgan fingerprint density at radius 2 is 1.43 bits per heavy atom. The summed E-state index contributed by atoms with van der Waals surface area (Å²) in [7, 11) is 0. The van der Waals surface area contributed by atoms with Gasteiger partial charge in [-0.3, -0.25) is 0 Å². The average molecular weight is 311 g/mol. The molecule has 0 amide bonds. The van der Waals surface area contributed by atoms with Crippen LogP contribution >= 0.6 is 0 Å². The zero-order valence-corrected chi connectivity index (χ0v) is 12.3. The minimum absolute atomic E-state index is 0.356. The first-order chi connectivity index (χ1) is 11.0. The molecule has 0 unspecified atom stereocenters. The van der Waals surface area contributed by atoms with Gasteiger partial charge in [-0.1, -0.05) is 54.6 Å². The van der Waals surface area contributed by atoms with Gasteiger partial charge < -0.3 is 10.8 Å². The second kappa shape index (κ2) is 4.85. The Labute approximate surface area is 131 Å². The SMILES string of the molecule is N[C@@H](c1ccc2ccc3cccc4ccc1c2c34)C(F)(F)CO. The van der Waals surface area contributed by atoms with Gasteiger partial charge in [0.2, 0.25) is 0 Å². The molecule has 0 aliphatic rings. The maximum absolute atomic E-state index is 13.9. The molecular weight excluding hydrogens is 296 g/mol. The summed E-state index contributed by atoms with van der Waals surface area (Å²) in [5.41, 5.74) is 6.13. The Morgan fingerprint density at radius 3 is 2.09 bits per heavy atom. The maximum atomic E-state index is 13.9. The third-order valence-electron chi connectivity index (χ3n) is 4.56. The molecule has 2 nitrogen and oxygen atoms in total. The van der Waals surface area contributed by atoms with E-state index in [4.69, 9.17) is 10.8 Å². The van der Waals surface area contributed by atoms with E-state index in [9.17, 15) is 8.78 Å². The normalized spacial score (nSPS) is 14.1. The molecule has 0 aliphatic heterocycles. The summed E-state index contributed by atoms with van der Waals surface area (Å²) in [6, 6.07) is 15.7. The highest BCUT2D eigenvalue weighted by molar-refractivity contribution is 6.23. The molecule has 0 bridgehead atoms. The van der Waals surface area contributed by atoms with E-state index in [1.54, 1.807) is 6.07 Å². The minimum atomic E-state index is -3.36. The van der Waals surface area contributed by atoms with Crippen molar-refractivity contribution >= 4 is 32.3 Å². The van der Waals surface area contributed by atoms with Crippen molar-refractivity contribution in [1.29, 1.82) is 0 Å². The first-order valence-electron chi connectivity index (χ1n) is 7.43. The van der Waals surface area contributed by atoms with E-state index < -0.39 is 18.6 Å². The monoisotopic (exact) mass is 311 g/mol. The van der Waals surface area contributed by atoms with Crippen LogP contribution in [-0.2, 0) is 0 Å². The van der Waals surface area contributed by atoms with Gasteiger partial charge in [-0.2, -0.15) is 0 Å². The smallest absolute Gasteiger partial charge is 0.289 e. The van der Waals surface area contributed by atoms with Crippen LogP contribution in [0.15, 0.2) is 54.6 Å². The summed E-state index contributed by atoms with van der Waals surface area (Å²) in [5.74, 6) is -3.36. The van der Waals surface area contributed by atoms with Crippen LogP contribution in [0, 0.1) is 0 Å². The lowest BCUT2D eigenvalue weighted by atomic mass is 9.89. The van der Waals surface area contributed by atoms with Crippen molar-refractivity contribution in [2.75, 3.05) is 6.61 Å². The molecule has 0 heterocycles. The second-order valence-corrected chi connectivity index (χ2v) is 5.91. The van der Waals surface area contributed by atoms with Gasteiger partial charge in [0.05, 0.1) is 6.04 Å². The Hall–Kier alpha value is -2.30. The molecule has 4 heteroatoms. The van der Waals surface area contributed by atoms with Gasteiger partial charge in [-0.15, -0.1) is 0 Å². The van der Waals surface area contributed by atoms with E-state index in [2.05, 4.69) is 0 Å². The van der Waals surface area contributed by atoms with Crippen LogP contribution in [-0.4, -0.2) is 17.6 Å². The van der Waals surface area contributed by atoms with Crippen LogP contribution < -0.4 is 5.73 Å². The Bertz CT molecular complexity index is 996. The predicted molar refractivity (Wildman–Crippen MR) is 89.1 cm³/mol. The van der Waals surface area contributed by atoms with E-state index >= 15 is 0 Å². The fraction of sp³-hybridized carbons (Fsp3) is 0.158. The van der Waals surface area contributed by atoms with Gasteiger partial charge in [0.25, 0.3) is 5.92 Å². The minimum Gasteiger partial charge on any atom is -0.390 e. The molecule has 0 saturated heterocycles. The summed E-state index contributed by atoms with van der Waals surface area (Å²) < 4.78 is 27.8. The first kappa shape index (κ1) is 14.3. The molecule has 0 radical (unpaired) electrons. The van der Waals surface area contributed by atoms with Gasteiger partial charge in [0.1, 0.15) is 6.61 Å². The molecule has 0 spiro atoms. The van der Waals surface area contributed by atoms with Crippen LogP contribution in [0.3, 0.4) is 0 Å². The van der Waals surface area contributed by atoms with E-state index in [1.807, 2.05) is 48.5 Å². The molecule has 3 N–H and O–H groups in total. The van der Waals surface area contributed by atoms with Crippen LogP contribution in [0.2, 0.25) is 0 Å². The number of benzene rings is 4. The average Bonchev–Trinajstić information content (AvgIpc) is 2.59. The second-order valence-electron chi connectivity index (χ2n) is 5.91. The number of nitrogens with two attached hydrogens (primary N) is 1. The Balaban J connectivity index is 2.12. The van der Waals surface area contributed by atoms with Gasteiger partial charge in [-0.05, 0) is 37.9 Å². The first-order valence-corrected chi connectivity index (χ1v) is 7.43. The topological polar surface area (TPSA) is 46.2 Å². The maximum Gasteiger partial charge on any atom is 0.289 e. The third-order valence-corrected chi connectivity index (χ3v) is 4.56. The van der Waals surface area contributed by atoms with Crippen molar-refractivity contribution in [2.45, 2.75) is 12.0 Å².